The van der Waals surface area contributed by atoms with Gasteiger partial charge in [0.25, 0.3) is 5.91 Å². The van der Waals surface area contributed by atoms with Crippen molar-refractivity contribution in [3.05, 3.63) is 42.6 Å². The van der Waals surface area contributed by atoms with Gasteiger partial charge in [-0.05, 0) is 44.9 Å². The zero-order valence-corrected chi connectivity index (χ0v) is 16.6. The third-order valence-corrected chi connectivity index (χ3v) is 5.20. The maximum Gasteiger partial charge on any atom is 0.309 e. The van der Waals surface area contributed by atoms with Crippen LogP contribution in [0.1, 0.15) is 37.2 Å². The van der Waals surface area contributed by atoms with Crippen LogP contribution in [0.25, 0.3) is 10.9 Å². The highest BCUT2D eigenvalue weighted by molar-refractivity contribution is 6.00. The molecule has 0 atom stereocenters. The highest BCUT2D eigenvalue weighted by Crippen LogP contribution is 2.30. The number of aryl methyl sites for hydroxylation is 1. The van der Waals surface area contributed by atoms with Crippen molar-refractivity contribution in [1.82, 2.24) is 9.47 Å². The minimum absolute atomic E-state index is 0.00460. The van der Waals surface area contributed by atoms with Crippen LogP contribution in [-0.2, 0) is 16.1 Å². The van der Waals surface area contributed by atoms with Gasteiger partial charge in [0.05, 0.1) is 18.0 Å². The molecule has 1 fully saturated rings. The van der Waals surface area contributed by atoms with Crippen molar-refractivity contribution >= 4 is 22.8 Å². The molecule has 1 amide bonds. The standard InChI is InChI=1S/C22H28N2O4/c1-4-14-28-20-9-7-8-18-17(20)15-19(24(18)5-2)21(25)23-12-10-16(11-13-23)22(26)27-6-3/h4,7-9,15-16H,1,5-6,10-14H2,2-3H3. The minimum Gasteiger partial charge on any atom is -0.489 e. The third kappa shape index (κ3) is 3.91. The molecule has 1 aromatic carbocycles. The van der Waals surface area contributed by atoms with Crippen LogP contribution in [0.4, 0.5) is 0 Å². The Bertz CT molecular complexity index is 863. The summed E-state index contributed by atoms with van der Waals surface area (Å²) in [5.74, 6) is 0.482. The number of carbonyl (C=O) groups is 2. The molecule has 150 valence electrons. The third-order valence-electron chi connectivity index (χ3n) is 5.20. The van der Waals surface area contributed by atoms with Crippen LogP contribution in [0.5, 0.6) is 5.75 Å². The van der Waals surface area contributed by atoms with Crippen LogP contribution in [0.3, 0.4) is 0 Å². The molecular weight excluding hydrogens is 356 g/mol. The van der Waals surface area contributed by atoms with Crippen LogP contribution >= 0.6 is 0 Å². The number of nitrogens with zero attached hydrogens (tertiary/aromatic N) is 2. The molecule has 0 unspecified atom stereocenters. The molecular formula is C22H28N2O4. The highest BCUT2D eigenvalue weighted by Gasteiger charge is 2.30. The van der Waals surface area contributed by atoms with E-state index < -0.39 is 0 Å². The van der Waals surface area contributed by atoms with E-state index in [1.807, 2.05) is 47.6 Å². The lowest BCUT2D eigenvalue weighted by molar-refractivity contribution is -0.149. The number of hydrogen-bond donors (Lipinski definition) is 0. The molecule has 28 heavy (non-hydrogen) atoms. The summed E-state index contributed by atoms with van der Waals surface area (Å²) in [6.45, 7) is 10.2. The van der Waals surface area contributed by atoms with Crippen LogP contribution in [0.15, 0.2) is 36.9 Å². The normalized spacial score (nSPS) is 14.9. The van der Waals surface area contributed by atoms with Crippen molar-refractivity contribution in [2.45, 2.75) is 33.2 Å². The van der Waals surface area contributed by atoms with Crippen LogP contribution in [0, 0.1) is 5.92 Å². The summed E-state index contributed by atoms with van der Waals surface area (Å²) in [5, 5.41) is 0.927. The van der Waals surface area contributed by atoms with Gasteiger partial charge < -0.3 is 18.9 Å². The molecule has 1 saturated heterocycles. The number of aromatic nitrogens is 1. The average Bonchev–Trinajstić information content (AvgIpc) is 3.11. The Hall–Kier alpha value is -2.76. The van der Waals surface area contributed by atoms with E-state index in [9.17, 15) is 9.59 Å². The molecule has 0 saturated carbocycles. The first kappa shape index (κ1) is 20.0. The minimum atomic E-state index is -0.152. The maximum absolute atomic E-state index is 13.2. The number of hydrogen-bond acceptors (Lipinski definition) is 4. The molecule has 0 N–H and O–H groups in total. The van der Waals surface area contributed by atoms with Crippen molar-refractivity contribution < 1.29 is 19.1 Å². The number of ether oxygens (including phenoxy) is 2. The second-order valence-corrected chi connectivity index (χ2v) is 6.88. The van der Waals surface area contributed by atoms with E-state index in [2.05, 4.69) is 6.58 Å². The topological polar surface area (TPSA) is 60.8 Å². The van der Waals surface area contributed by atoms with E-state index in [1.165, 1.54) is 0 Å². The second-order valence-electron chi connectivity index (χ2n) is 6.88. The van der Waals surface area contributed by atoms with Gasteiger partial charge in [0.2, 0.25) is 0 Å². The van der Waals surface area contributed by atoms with Gasteiger partial charge in [-0.25, -0.2) is 0 Å². The molecule has 3 rings (SSSR count). The van der Waals surface area contributed by atoms with Gasteiger partial charge in [-0.15, -0.1) is 0 Å². The van der Waals surface area contributed by atoms with E-state index in [1.54, 1.807) is 6.08 Å². The number of benzene rings is 1. The van der Waals surface area contributed by atoms with Crippen LogP contribution in [-0.4, -0.2) is 47.6 Å². The van der Waals surface area contributed by atoms with Gasteiger partial charge in [0.15, 0.2) is 0 Å². The van der Waals surface area contributed by atoms with Gasteiger partial charge in [-0.2, -0.15) is 0 Å². The number of fused-ring (bicyclic) bond motifs is 1. The number of amides is 1. The molecule has 2 aromatic rings. The predicted molar refractivity (Wildman–Crippen MR) is 109 cm³/mol. The number of carbonyl (C=O) groups excluding carboxylic acids is 2. The smallest absolute Gasteiger partial charge is 0.309 e. The fourth-order valence-electron chi connectivity index (χ4n) is 3.79. The molecule has 0 bridgehead atoms. The van der Waals surface area contributed by atoms with Crippen molar-refractivity contribution in [2.24, 2.45) is 5.92 Å². The van der Waals surface area contributed by atoms with Gasteiger partial charge in [0, 0.05) is 25.0 Å². The zero-order chi connectivity index (χ0) is 20.1. The van der Waals surface area contributed by atoms with Crippen LogP contribution in [0.2, 0.25) is 0 Å². The number of esters is 1. The SMILES string of the molecule is C=CCOc1cccc2c1cc(C(=O)N1CCC(C(=O)OCC)CC1)n2CC. The van der Waals surface area contributed by atoms with E-state index in [-0.39, 0.29) is 17.8 Å². The van der Waals surface area contributed by atoms with E-state index in [4.69, 9.17) is 9.47 Å². The summed E-state index contributed by atoms with van der Waals surface area (Å²) in [4.78, 5) is 27.0. The Kier molecular flexibility index (Phi) is 6.39. The van der Waals surface area contributed by atoms with Crippen molar-refractivity contribution in [3.8, 4) is 5.75 Å². The Morgan fingerprint density at radius 1 is 1.25 bits per heavy atom. The van der Waals surface area contributed by atoms with Crippen molar-refractivity contribution in [2.75, 3.05) is 26.3 Å². The lowest BCUT2D eigenvalue weighted by Gasteiger charge is -2.31. The number of likely N-dealkylation sites (tertiary alicyclic amines) is 1. The summed E-state index contributed by atoms with van der Waals surface area (Å²) < 4.78 is 12.9. The summed E-state index contributed by atoms with van der Waals surface area (Å²) >= 11 is 0. The molecule has 0 radical (unpaired) electrons. The number of rotatable bonds is 7. The van der Waals surface area contributed by atoms with Crippen molar-refractivity contribution in [3.63, 3.8) is 0 Å². The Balaban J connectivity index is 1.82. The lowest BCUT2D eigenvalue weighted by Crippen LogP contribution is -2.41. The molecule has 0 aliphatic carbocycles. The highest BCUT2D eigenvalue weighted by atomic mass is 16.5. The van der Waals surface area contributed by atoms with E-state index in [0.29, 0.717) is 51.4 Å². The van der Waals surface area contributed by atoms with Crippen molar-refractivity contribution in [1.29, 1.82) is 0 Å². The first-order valence-corrected chi connectivity index (χ1v) is 9.92. The van der Waals surface area contributed by atoms with Gasteiger partial charge in [0.1, 0.15) is 18.1 Å². The van der Waals surface area contributed by atoms with Gasteiger partial charge in [-0.3, -0.25) is 9.59 Å². The van der Waals surface area contributed by atoms with E-state index >= 15 is 0 Å². The summed E-state index contributed by atoms with van der Waals surface area (Å²) in [5.41, 5.74) is 1.63. The molecule has 1 aromatic heterocycles. The number of piperidine rings is 1. The monoisotopic (exact) mass is 384 g/mol. The van der Waals surface area contributed by atoms with E-state index in [0.717, 1.165) is 16.7 Å². The lowest BCUT2D eigenvalue weighted by atomic mass is 9.97. The Morgan fingerprint density at radius 3 is 2.64 bits per heavy atom. The Labute approximate surface area is 165 Å². The predicted octanol–water partition coefficient (Wildman–Crippen LogP) is 3.64. The summed E-state index contributed by atoms with van der Waals surface area (Å²) in [7, 11) is 0. The van der Waals surface area contributed by atoms with Gasteiger partial charge in [-0.1, -0.05) is 18.7 Å². The first-order valence-electron chi connectivity index (χ1n) is 9.92. The quantitative estimate of drug-likeness (QED) is 0.540. The molecule has 2 heterocycles. The fraction of sp³-hybridized carbons (Fsp3) is 0.455. The zero-order valence-electron chi connectivity index (χ0n) is 16.6. The molecule has 6 heteroatoms. The maximum atomic E-state index is 13.2. The largest absolute Gasteiger partial charge is 0.489 e. The fourth-order valence-corrected chi connectivity index (χ4v) is 3.79. The molecule has 1 aliphatic rings. The first-order chi connectivity index (χ1) is 13.6. The average molecular weight is 384 g/mol. The summed E-state index contributed by atoms with van der Waals surface area (Å²) in [6.07, 6.45) is 2.99. The summed E-state index contributed by atoms with van der Waals surface area (Å²) in [6, 6.07) is 7.76. The Morgan fingerprint density at radius 2 is 2.00 bits per heavy atom. The molecule has 6 nitrogen and oxygen atoms in total. The molecule has 1 aliphatic heterocycles. The second kappa shape index (κ2) is 8.95. The molecule has 0 spiro atoms. The van der Waals surface area contributed by atoms with Gasteiger partial charge >= 0.3 is 5.97 Å². The van der Waals surface area contributed by atoms with Crippen LogP contribution < -0.4 is 4.74 Å².